The van der Waals surface area contributed by atoms with Crippen LogP contribution < -0.4 is 10.6 Å². The normalized spacial score (nSPS) is 27.3. The number of nitrogens with two attached hydrogens (primary N) is 1. The maximum Gasteiger partial charge on any atom is 0.252 e. The molecule has 0 aliphatic carbocycles. The van der Waals surface area contributed by atoms with Crippen LogP contribution >= 0.6 is 0 Å². The Morgan fingerprint density at radius 3 is 2.51 bits per heavy atom. The van der Waals surface area contributed by atoms with E-state index in [2.05, 4.69) is 82.3 Å². The number of ether oxygens (including phenoxy) is 2. The van der Waals surface area contributed by atoms with Gasteiger partial charge in [-0.05, 0) is 24.6 Å². The van der Waals surface area contributed by atoms with Gasteiger partial charge in [0, 0.05) is 41.6 Å². The Morgan fingerprint density at radius 1 is 1.06 bits per heavy atom. The van der Waals surface area contributed by atoms with Crippen molar-refractivity contribution in [1.29, 1.82) is 0 Å². The molecule has 8 rings (SSSR count). The number of quaternary nitrogens is 1. The first-order valence-electron chi connectivity index (χ1n) is 12.4. The van der Waals surface area contributed by atoms with Gasteiger partial charge in [-0.2, -0.15) is 0 Å². The summed E-state index contributed by atoms with van der Waals surface area (Å²) >= 11 is 0. The molecule has 1 amide bonds. The molecule has 7 nitrogen and oxygen atoms in total. The number of methoxy groups -OCH3 is 1. The van der Waals surface area contributed by atoms with Gasteiger partial charge < -0.3 is 29.2 Å². The zero-order chi connectivity index (χ0) is 23.6. The molecule has 5 heterocycles. The van der Waals surface area contributed by atoms with Gasteiger partial charge in [0.05, 0.1) is 34.7 Å². The predicted molar refractivity (Wildman–Crippen MR) is 134 cm³/mol. The second-order valence-corrected chi connectivity index (χ2v) is 10.2. The van der Waals surface area contributed by atoms with E-state index in [4.69, 9.17) is 9.47 Å². The molecule has 0 spiro atoms. The first-order chi connectivity index (χ1) is 17.1. The molecule has 5 aromatic rings. The Kier molecular flexibility index (Phi) is 3.65. The van der Waals surface area contributed by atoms with Gasteiger partial charge in [0.15, 0.2) is 11.8 Å². The molecule has 4 atom stereocenters. The highest BCUT2D eigenvalue weighted by Crippen LogP contribution is 2.53. The van der Waals surface area contributed by atoms with E-state index in [1.54, 1.807) is 7.11 Å². The maximum absolute atomic E-state index is 13.3. The molecule has 1 saturated heterocycles. The molecule has 2 bridgehead atoms. The first kappa shape index (κ1) is 19.9. The molecular weight excluding hydrogens is 440 g/mol. The van der Waals surface area contributed by atoms with Crippen LogP contribution in [0, 0.1) is 0 Å². The third kappa shape index (κ3) is 2.12. The van der Waals surface area contributed by atoms with Gasteiger partial charge >= 0.3 is 0 Å². The zero-order valence-electron chi connectivity index (χ0n) is 20.0. The smallest absolute Gasteiger partial charge is 0.252 e. The lowest BCUT2D eigenvalue weighted by molar-refractivity contribution is -0.683. The van der Waals surface area contributed by atoms with E-state index >= 15 is 0 Å². The number of hydrogen-bond acceptors (Lipinski definition) is 3. The third-order valence-corrected chi connectivity index (χ3v) is 8.70. The molecule has 1 fully saturated rings. The molecule has 3 aromatic carbocycles. The van der Waals surface area contributed by atoms with E-state index in [1.165, 1.54) is 0 Å². The zero-order valence-corrected chi connectivity index (χ0v) is 20.0. The molecule has 176 valence electrons. The van der Waals surface area contributed by atoms with Gasteiger partial charge in [-0.25, -0.2) is 0 Å². The quantitative estimate of drug-likeness (QED) is 0.418. The molecule has 3 aliphatic rings. The summed E-state index contributed by atoms with van der Waals surface area (Å²) in [6.07, 6.45) is 0.479. The molecule has 0 saturated carbocycles. The summed E-state index contributed by atoms with van der Waals surface area (Å²) in [6.45, 7) is 2.71. The number of carbonyl (C=O) groups is 1. The number of benzene rings is 3. The molecule has 3 N–H and O–H groups in total. The first-order valence-corrected chi connectivity index (χ1v) is 12.4. The van der Waals surface area contributed by atoms with E-state index < -0.39 is 5.72 Å². The van der Waals surface area contributed by atoms with Gasteiger partial charge in [0.2, 0.25) is 0 Å². The SMILES string of the molecule is C[NH2+][C@@H]1C[C@H]2O[C@@](C)([C@@H]1OC)n1c3ccccc3c3c4c(c5c6ccccc6n2c5c31)C(=O)NC4. The minimum absolute atomic E-state index is 0.00974. The van der Waals surface area contributed by atoms with Crippen molar-refractivity contribution in [3.05, 3.63) is 59.7 Å². The Balaban J connectivity index is 1.72. The Morgan fingerprint density at radius 2 is 1.77 bits per heavy atom. The van der Waals surface area contributed by atoms with Gasteiger partial charge in [-0.1, -0.05) is 36.4 Å². The van der Waals surface area contributed by atoms with Crippen LogP contribution in [-0.2, 0) is 21.7 Å². The van der Waals surface area contributed by atoms with E-state index in [0.29, 0.717) is 6.54 Å². The number of rotatable bonds is 2. The van der Waals surface area contributed by atoms with Crippen molar-refractivity contribution in [3.63, 3.8) is 0 Å². The van der Waals surface area contributed by atoms with Crippen LogP contribution in [0.2, 0.25) is 0 Å². The van der Waals surface area contributed by atoms with Crippen molar-refractivity contribution in [2.45, 2.75) is 44.0 Å². The van der Waals surface area contributed by atoms with E-state index in [-0.39, 0.29) is 24.3 Å². The summed E-state index contributed by atoms with van der Waals surface area (Å²) in [5.41, 5.74) is 5.61. The second-order valence-electron chi connectivity index (χ2n) is 10.2. The Bertz CT molecular complexity index is 1750. The number of likely N-dealkylation sites (N-methyl/N-ethyl adjacent to an activating group) is 1. The number of carbonyl (C=O) groups excluding carboxylic acids is 1. The monoisotopic (exact) mass is 467 g/mol. The molecule has 35 heavy (non-hydrogen) atoms. The van der Waals surface area contributed by atoms with Crippen molar-refractivity contribution in [1.82, 2.24) is 14.5 Å². The van der Waals surface area contributed by atoms with Crippen LogP contribution in [0.1, 0.15) is 35.5 Å². The fourth-order valence-corrected chi connectivity index (χ4v) is 7.43. The van der Waals surface area contributed by atoms with Gasteiger partial charge in [-0.15, -0.1) is 0 Å². The van der Waals surface area contributed by atoms with Crippen LogP contribution in [0.3, 0.4) is 0 Å². The second kappa shape index (κ2) is 6.43. The van der Waals surface area contributed by atoms with Gasteiger partial charge in [0.25, 0.3) is 5.91 Å². The maximum atomic E-state index is 13.3. The molecular formula is C28H27N4O3+. The number of fused-ring (bicyclic) bond motifs is 13. The fraction of sp³-hybridized carbons (Fsp3) is 0.321. The van der Waals surface area contributed by atoms with E-state index in [0.717, 1.165) is 61.2 Å². The Hall–Kier alpha value is -3.39. The van der Waals surface area contributed by atoms with Crippen molar-refractivity contribution < 1.29 is 19.6 Å². The van der Waals surface area contributed by atoms with Crippen LogP contribution in [0.25, 0.3) is 43.6 Å². The van der Waals surface area contributed by atoms with E-state index in [1.807, 2.05) is 0 Å². The topological polar surface area (TPSA) is 74.0 Å². The van der Waals surface area contributed by atoms with Crippen LogP contribution in [0.4, 0.5) is 0 Å². The predicted octanol–water partition coefficient (Wildman–Crippen LogP) is 3.33. The number of amides is 1. The minimum atomic E-state index is -0.729. The standard InChI is InChI=1S/C28H26N4O3/c1-28-26(34-3)17(29-2)12-20(35-28)31-18-10-6-4-8-14(18)22-23-16(13-30-27(23)33)21-15-9-5-7-11-19(15)32(28)25(21)24(22)31/h4-11,17,20,26,29H,12-13H2,1-3H3,(H,30,33)/p+1/t17-,20-,26-,28+/m1/s1. The number of para-hydroxylation sites is 2. The number of nitrogens with one attached hydrogen (secondary N) is 1. The summed E-state index contributed by atoms with van der Waals surface area (Å²) in [6, 6.07) is 17.2. The number of aromatic nitrogens is 2. The summed E-state index contributed by atoms with van der Waals surface area (Å²) in [4.78, 5) is 13.3. The van der Waals surface area contributed by atoms with E-state index in [9.17, 15) is 4.79 Å². The summed E-state index contributed by atoms with van der Waals surface area (Å²) in [7, 11) is 3.91. The Labute approximate surface area is 201 Å². The highest BCUT2D eigenvalue weighted by Gasteiger charge is 2.54. The van der Waals surface area contributed by atoms with Gasteiger partial charge in [-0.3, -0.25) is 4.79 Å². The lowest BCUT2D eigenvalue weighted by Crippen LogP contribution is -2.91. The van der Waals surface area contributed by atoms with Crippen LogP contribution in [-0.4, -0.2) is 41.3 Å². The summed E-state index contributed by atoms with van der Waals surface area (Å²) in [5, 5.41) is 9.83. The molecule has 0 unspecified atom stereocenters. The lowest BCUT2D eigenvalue weighted by atomic mass is 9.93. The van der Waals surface area contributed by atoms with Crippen LogP contribution in [0.15, 0.2) is 48.5 Å². The summed E-state index contributed by atoms with van der Waals surface area (Å²) < 4.78 is 18.0. The molecule has 7 heteroatoms. The highest BCUT2D eigenvalue weighted by atomic mass is 16.6. The minimum Gasteiger partial charge on any atom is -0.370 e. The van der Waals surface area contributed by atoms with Crippen molar-refractivity contribution >= 4 is 49.5 Å². The van der Waals surface area contributed by atoms with Gasteiger partial charge in [0.1, 0.15) is 12.3 Å². The van der Waals surface area contributed by atoms with Crippen LogP contribution in [0.5, 0.6) is 0 Å². The van der Waals surface area contributed by atoms with Crippen molar-refractivity contribution in [2.24, 2.45) is 0 Å². The highest BCUT2D eigenvalue weighted by molar-refractivity contribution is 6.31. The summed E-state index contributed by atoms with van der Waals surface area (Å²) in [5.74, 6) is 0.00974. The lowest BCUT2D eigenvalue weighted by Gasteiger charge is -2.46. The third-order valence-electron chi connectivity index (χ3n) is 8.70. The molecule has 3 aliphatic heterocycles. The van der Waals surface area contributed by atoms with Crippen molar-refractivity contribution in [3.8, 4) is 0 Å². The fourth-order valence-electron chi connectivity index (χ4n) is 7.43. The number of nitrogens with zero attached hydrogens (tertiary/aromatic N) is 2. The largest absolute Gasteiger partial charge is 0.370 e. The average molecular weight is 468 g/mol. The van der Waals surface area contributed by atoms with Crippen molar-refractivity contribution in [2.75, 3.05) is 14.2 Å². The molecule has 2 aromatic heterocycles. The molecule has 0 radical (unpaired) electrons. The number of hydrogen-bond donors (Lipinski definition) is 2. The average Bonchev–Trinajstić information content (AvgIpc) is 3.51.